The monoisotopic (exact) mass is 248 g/mol. The number of carbonyl (C=O) groups is 1. The van der Waals surface area contributed by atoms with E-state index in [1.165, 1.54) is 0 Å². The zero-order valence-corrected chi connectivity index (χ0v) is 11.0. The molecule has 0 N–H and O–H groups in total. The van der Waals surface area contributed by atoms with Gasteiger partial charge in [-0.25, -0.2) is 9.78 Å². The highest BCUT2D eigenvalue weighted by Crippen LogP contribution is 2.13. The van der Waals surface area contributed by atoms with Crippen LogP contribution in [0.15, 0.2) is 24.4 Å². The summed E-state index contributed by atoms with van der Waals surface area (Å²) in [5, 5.41) is 0. The molecule has 98 valence electrons. The number of piperazine rings is 1. The van der Waals surface area contributed by atoms with Crippen LogP contribution >= 0.6 is 0 Å². The van der Waals surface area contributed by atoms with E-state index in [4.69, 9.17) is 0 Å². The molecule has 0 spiro atoms. The highest BCUT2D eigenvalue weighted by Gasteiger charge is 2.23. The maximum absolute atomic E-state index is 12.0. The fraction of sp³-hybridized carbons (Fsp3) is 0.538. The van der Waals surface area contributed by atoms with Crippen LogP contribution in [-0.2, 0) is 0 Å². The highest BCUT2D eigenvalue weighted by molar-refractivity contribution is 5.74. The minimum Gasteiger partial charge on any atom is -0.353 e. The molecule has 0 radical (unpaired) electrons. The van der Waals surface area contributed by atoms with Gasteiger partial charge in [-0.2, -0.15) is 0 Å². The Morgan fingerprint density at radius 1 is 1.33 bits per heavy atom. The van der Waals surface area contributed by atoms with E-state index < -0.39 is 0 Å². The second-order valence-electron chi connectivity index (χ2n) is 4.46. The first-order valence-corrected chi connectivity index (χ1v) is 6.38. The van der Waals surface area contributed by atoms with E-state index in [0.717, 1.165) is 38.5 Å². The first-order valence-electron chi connectivity index (χ1n) is 6.38. The molecule has 1 fully saturated rings. The van der Waals surface area contributed by atoms with Crippen LogP contribution < -0.4 is 4.90 Å². The van der Waals surface area contributed by atoms with E-state index in [9.17, 15) is 4.79 Å². The zero-order chi connectivity index (χ0) is 13.0. The van der Waals surface area contributed by atoms with Crippen molar-refractivity contribution in [1.82, 2.24) is 14.8 Å². The summed E-state index contributed by atoms with van der Waals surface area (Å²) in [6, 6.07) is 6.04. The van der Waals surface area contributed by atoms with Gasteiger partial charge >= 0.3 is 6.03 Å². The van der Waals surface area contributed by atoms with Crippen LogP contribution in [0, 0.1) is 0 Å². The van der Waals surface area contributed by atoms with Crippen molar-refractivity contribution in [1.29, 1.82) is 0 Å². The number of aromatic nitrogens is 1. The Morgan fingerprint density at radius 3 is 2.61 bits per heavy atom. The van der Waals surface area contributed by atoms with E-state index in [1.54, 1.807) is 11.1 Å². The average molecular weight is 248 g/mol. The highest BCUT2D eigenvalue weighted by atomic mass is 16.2. The summed E-state index contributed by atoms with van der Waals surface area (Å²) in [6.45, 7) is 5.96. The van der Waals surface area contributed by atoms with E-state index in [-0.39, 0.29) is 6.03 Å². The molecule has 0 aliphatic carbocycles. The molecule has 0 unspecified atom stereocenters. The van der Waals surface area contributed by atoms with Crippen LogP contribution in [0.5, 0.6) is 0 Å². The van der Waals surface area contributed by atoms with Crippen molar-refractivity contribution in [3.05, 3.63) is 24.4 Å². The minimum atomic E-state index is 0.123. The number of hydrogen-bond donors (Lipinski definition) is 0. The Hall–Kier alpha value is -1.78. The number of urea groups is 1. The molecule has 0 bridgehead atoms. The normalized spacial score (nSPS) is 15.7. The SMILES string of the molecule is CCN(C)C(=O)N1CCN(c2ccccn2)CC1. The predicted molar refractivity (Wildman–Crippen MR) is 71.7 cm³/mol. The summed E-state index contributed by atoms with van der Waals surface area (Å²) < 4.78 is 0. The molecular formula is C13H20N4O. The van der Waals surface area contributed by atoms with Crippen molar-refractivity contribution >= 4 is 11.8 Å². The predicted octanol–water partition coefficient (Wildman–Crippen LogP) is 1.28. The van der Waals surface area contributed by atoms with Gasteiger partial charge < -0.3 is 14.7 Å². The van der Waals surface area contributed by atoms with Gasteiger partial charge in [0.05, 0.1) is 0 Å². The molecule has 1 saturated heterocycles. The fourth-order valence-corrected chi connectivity index (χ4v) is 2.04. The summed E-state index contributed by atoms with van der Waals surface area (Å²) in [5.41, 5.74) is 0. The van der Waals surface area contributed by atoms with Crippen molar-refractivity contribution in [2.24, 2.45) is 0 Å². The summed E-state index contributed by atoms with van der Waals surface area (Å²) in [4.78, 5) is 22.2. The lowest BCUT2D eigenvalue weighted by Gasteiger charge is -2.37. The first kappa shape index (κ1) is 12.7. The third-order valence-electron chi connectivity index (χ3n) is 3.32. The molecule has 5 nitrogen and oxygen atoms in total. The van der Waals surface area contributed by atoms with Crippen molar-refractivity contribution in [2.45, 2.75) is 6.92 Å². The van der Waals surface area contributed by atoms with Gasteiger partial charge in [0.2, 0.25) is 0 Å². The number of carbonyl (C=O) groups excluding carboxylic acids is 1. The van der Waals surface area contributed by atoms with Gasteiger partial charge in [0.15, 0.2) is 0 Å². The van der Waals surface area contributed by atoms with Gasteiger partial charge in [-0.15, -0.1) is 0 Å². The Kier molecular flexibility index (Phi) is 4.02. The number of nitrogens with zero attached hydrogens (tertiary/aromatic N) is 4. The maximum Gasteiger partial charge on any atom is 0.319 e. The third-order valence-corrected chi connectivity index (χ3v) is 3.32. The summed E-state index contributed by atoms with van der Waals surface area (Å²) in [5.74, 6) is 0.994. The molecule has 1 aromatic rings. The smallest absolute Gasteiger partial charge is 0.319 e. The van der Waals surface area contributed by atoms with Crippen molar-refractivity contribution in [2.75, 3.05) is 44.7 Å². The van der Waals surface area contributed by atoms with Crippen LogP contribution in [0.3, 0.4) is 0 Å². The number of anilines is 1. The summed E-state index contributed by atoms with van der Waals surface area (Å²) in [7, 11) is 1.84. The summed E-state index contributed by atoms with van der Waals surface area (Å²) >= 11 is 0. The standard InChI is InChI=1S/C13H20N4O/c1-3-15(2)13(18)17-10-8-16(9-11-17)12-6-4-5-7-14-12/h4-7H,3,8-11H2,1-2H3. The first-order chi connectivity index (χ1) is 8.72. The second kappa shape index (κ2) is 5.71. The molecule has 2 heterocycles. The largest absolute Gasteiger partial charge is 0.353 e. The molecule has 2 rings (SSSR count). The van der Waals surface area contributed by atoms with E-state index >= 15 is 0 Å². The number of amides is 2. The Balaban J connectivity index is 1.90. The molecule has 0 atom stereocenters. The van der Waals surface area contributed by atoms with Crippen LogP contribution in [-0.4, -0.2) is 60.6 Å². The van der Waals surface area contributed by atoms with E-state index in [2.05, 4.69) is 9.88 Å². The van der Waals surface area contributed by atoms with Crippen molar-refractivity contribution < 1.29 is 4.79 Å². The zero-order valence-electron chi connectivity index (χ0n) is 11.0. The van der Waals surface area contributed by atoms with Crippen LogP contribution in [0.25, 0.3) is 0 Å². The third kappa shape index (κ3) is 2.72. The van der Waals surface area contributed by atoms with Gasteiger partial charge in [-0.1, -0.05) is 6.07 Å². The molecule has 2 amide bonds. The Labute approximate surface area is 108 Å². The topological polar surface area (TPSA) is 39.7 Å². The van der Waals surface area contributed by atoms with Gasteiger partial charge in [-0.3, -0.25) is 0 Å². The lowest BCUT2D eigenvalue weighted by atomic mass is 10.3. The maximum atomic E-state index is 12.0. The molecule has 1 aliphatic rings. The Morgan fingerprint density at radius 2 is 2.06 bits per heavy atom. The lowest BCUT2D eigenvalue weighted by Crippen LogP contribution is -2.52. The molecule has 0 aromatic carbocycles. The van der Waals surface area contributed by atoms with Crippen molar-refractivity contribution in [3.8, 4) is 0 Å². The van der Waals surface area contributed by atoms with Gasteiger partial charge in [0.25, 0.3) is 0 Å². The molecule has 18 heavy (non-hydrogen) atoms. The molecule has 0 saturated carbocycles. The van der Waals surface area contributed by atoms with Crippen LogP contribution in [0.4, 0.5) is 10.6 Å². The van der Waals surface area contributed by atoms with Gasteiger partial charge in [0, 0.05) is 46.0 Å². The minimum absolute atomic E-state index is 0.123. The lowest BCUT2D eigenvalue weighted by molar-refractivity contribution is 0.161. The van der Waals surface area contributed by atoms with Gasteiger partial charge in [0.1, 0.15) is 5.82 Å². The van der Waals surface area contributed by atoms with Crippen LogP contribution in [0.1, 0.15) is 6.92 Å². The Bertz CT molecular complexity index is 387. The quantitative estimate of drug-likeness (QED) is 0.791. The van der Waals surface area contributed by atoms with Crippen LogP contribution in [0.2, 0.25) is 0 Å². The molecular weight excluding hydrogens is 228 g/mol. The summed E-state index contributed by atoms with van der Waals surface area (Å²) in [6.07, 6.45) is 1.80. The number of rotatable bonds is 2. The van der Waals surface area contributed by atoms with Gasteiger partial charge in [-0.05, 0) is 19.1 Å². The molecule has 1 aliphatic heterocycles. The number of hydrogen-bond acceptors (Lipinski definition) is 3. The van der Waals surface area contributed by atoms with E-state index in [0.29, 0.717) is 0 Å². The molecule has 1 aromatic heterocycles. The van der Waals surface area contributed by atoms with Crippen molar-refractivity contribution in [3.63, 3.8) is 0 Å². The molecule has 5 heteroatoms. The van der Waals surface area contributed by atoms with E-state index in [1.807, 2.05) is 37.1 Å². The number of pyridine rings is 1. The second-order valence-corrected chi connectivity index (χ2v) is 4.46. The average Bonchev–Trinajstić information content (AvgIpc) is 2.47. The fourth-order valence-electron chi connectivity index (χ4n) is 2.04.